The molecular formula is C28H36F3N5OS. The summed E-state index contributed by atoms with van der Waals surface area (Å²) in [6, 6.07) is 5.60. The predicted octanol–water partition coefficient (Wildman–Crippen LogP) is 5.75. The second-order valence-corrected chi connectivity index (χ2v) is 13.4. The van der Waals surface area contributed by atoms with Gasteiger partial charge in [-0.25, -0.2) is 13.2 Å². The van der Waals surface area contributed by atoms with Crippen molar-refractivity contribution in [2.24, 2.45) is 0 Å². The Morgan fingerprint density at radius 3 is 2.50 bits per heavy atom. The first-order valence-electron chi connectivity index (χ1n) is 13.1. The lowest BCUT2D eigenvalue weighted by molar-refractivity contribution is 0.0287. The van der Waals surface area contributed by atoms with E-state index in [4.69, 9.17) is 4.18 Å². The molecule has 1 fully saturated rings. The number of fused-ring (bicyclic) bond motifs is 3. The molecule has 6 nitrogen and oxygen atoms in total. The molecule has 1 saturated heterocycles. The topological polar surface area (TPSA) is 65.2 Å². The molecular weight excluding hydrogens is 511 g/mol. The van der Waals surface area contributed by atoms with Gasteiger partial charge in [-0.2, -0.15) is 5.10 Å². The van der Waals surface area contributed by atoms with Gasteiger partial charge in [0.2, 0.25) is 0 Å². The van der Waals surface area contributed by atoms with Crippen molar-refractivity contribution in [3.8, 4) is 0 Å². The lowest BCUT2D eigenvalue weighted by atomic mass is 9.82. The molecule has 5 rings (SSSR count). The number of H-pyrrole nitrogens is 1. The zero-order chi connectivity index (χ0) is 27.2. The lowest BCUT2D eigenvalue weighted by Crippen LogP contribution is -2.51. The van der Waals surface area contributed by atoms with Crippen LogP contribution in [0, 0.1) is 11.6 Å². The molecule has 0 amide bonds. The number of nitrogens with one attached hydrogen (secondary N) is 3. The maximum atomic E-state index is 15.9. The summed E-state index contributed by atoms with van der Waals surface area (Å²) in [6.45, 7) is 10.8. The number of nitrogens with zero attached hydrogens (tertiary/aromatic N) is 2. The van der Waals surface area contributed by atoms with Gasteiger partial charge in [-0.15, -0.1) is 0 Å². The summed E-state index contributed by atoms with van der Waals surface area (Å²) in [5, 5.41) is 14.4. The summed E-state index contributed by atoms with van der Waals surface area (Å²) in [6.07, 6.45) is 2.35. The largest absolute Gasteiger partial charge is 0.380 e. The van der Waals surface area contributed by atoms with Gasteiger partial charge in [0.1, 0.15) is 17.3 Å². The Balaban J connectivity index is 1.53. The van der Waals surface area contributed by atoms with Gasteiger partial charge in [0.15, 0.2) is 0 Å². The van der Waals surface area contributed by atoms with Crippen LogP contribution in [0.15, 0.2) is 30.5 Å². The van der Waals surface area contributed by atoms with E-state index in [1.165, 1.54) is 31.1 Å². The molecule has 2 aliphatic rings. The van der Waals surface area contributed by atoms with Gasteiger partial charge in [0.05, 0.1) is 30.4 Å². The van der Waals surface area contributed by atoms with Gasteiger partial charge in [0.25, 0.3) is 0 Å². The highest BCUT2D eigenvalue weighted by Crippen LogP contribution is 2.43. The van der Waals surface area contributed by atoms with Crippen molar-refractivity contribution in [3.05, 3.63) is 58.8 Å². The molecule has 3 heterocycles. The average molecular weight is 548 g/mol. The van der Waals surface area contributed by atoms with Gasteiger partial charge in [-0.3, -0.25) is 10.00 Å². The van der Waals surface area contributed by atoms with E-state index in [0.29, 0.717) is 12.1 Å². The van der Waals surface area contributed by atoms with Crippen LogP contribution in [0.4, 0.5) is 18.9 Å². The van der Waals surface area contributed by atoms with E-state index in [0.717, 1.165) is 35.1 Å². The molecule has 2 aliphatic heterocycles. The fourth-order valence-corrected chi connectivity index (χ4v) is 5.96. The molecule has 0 spiro atoms. The molecule has 1 aromatic heterocycles. The van der Waals surface area contributed by atoms with Crippen molar-refractivity contribution >= 4 is 28.6 Å². The van der Waals surface area contributed by atoms with Crippen LogP contribution >= 0.6 is 12.0 Å². The van der Waals surface area contributed by atoms with Crippen molar-refractivity contribution in [2.45, 2.75) is 69.6 Å². The molecule has 0 radical (unpaired) electrons. The summed E-state index contributed by atoms with van der Waals surface area (Å²) in [7, 11) is 0. The van der Waals surface area contributed by atoms with E-state index in [2.05, 4.69) is 20.8 Å². The summed E-state index contributed by atoms with van der Waals surface area (Å²) < 4.78 is 53.1. The van der Waals surface area contributed by atoms with Crippen LogP contribution in [0.25, 0.3) is 10.9 Å². The van der Waals surface area contributed by atoms with E-state index in [1.54, 1.807) is 6.20 Å². The zero-order valence-electron chi connectivity index (χ0n) is 22.5. The monoisotopic (exact) mass is 547 g/mol. The highest BCUT2D eigenvalue weighted by Gasteiger charge is 2.41. The Bertz CT molecular complexity index is 1280. The SMILES string of the molecule is C[C@@H]1Cc2c(ccc3[nH]ncc23)[C@@H](c2c(F)cc(NC3CNC3)cc2F)N1CC(C)(F)COSC(C)(C)C. The predicted molar refractivity (Wildman–Crippen MR) is 147 cm³/mol. The van der Waals surface area contributed by atoms with Gasteiger partial charge >= 0.3 is 0 Å². The molecule has 10 heteroatoms. The quantitative estimate of drug-likeness (QED) is 0.312. The smallest absolute Gasteiger partial charge is 0.145 e. The van der Waals surface area contributed by atoms with E-state index in [9.17, 15) is 0 Å². The van der Waals surface area contributed by atoms with Crippen LogP contribution in [-0.2, 0) is 10.6 Å². The third kappa shape index (κ3) is 5.68. The molecule has 3 atom stereocenters. The molecule has 3 N–H and O–H groups in total. The highest BCUT2D eigenvalue weighted by molar-refractivity contribution is 7.96. The summed E-state index contributed by atoms with van der Waals surface area (Å²) in [5.74, 6) is -1.30. The first-order chi connectivity index (χ1) is 17.9. The third-order valence-electron chi connectivity index (χ3n) is 7.15. The molecule has 1 unspecified atom stereocenters. The van der Waals surface area contributed by atoms with E-state index >= 15 is 13.2 Å². The number of benzene rings is 2. The summed E-state index contributed by atoms with van der Waals surface area (Å²) in [4.78, 5) is 1.88. The number of halogens is 3. The van der Waals surface area contributed by atoms with E-state index in [-0.39, 0.29) is 35.5 Å². The fraction of sp³-hybridized carbons (Fsp3) is 0.536. The Morgan fingerprint density at radius 2 is 1.87 bits per heavy atom. The second-order valence-electron chi connectivity index (χ2n) is 11.8. The van der Waals surface area contributed by atoms with Crippen molar-refractivity contribution < 1.29 is 17.4 Å². The Hall–Kier alpha value is -2.27. The fourth-order valence-electron chi connectivity index (χ4n) is 5.30. The molecule has 0 bridgehead atoms. The number of aromatic nitrogens is 2. The standard InChI is InChI=1S/C28H36F3N5OS/c1-16-8-20-19(6-7-24-21(20)13-33-35-24)26(36(16)14-28(5,31)15-37-38-27(2,3)4)25-22(29)9-17(10-23(25)30)34-18-11-32-12-18/h6-7,9-10,13,16,18,26,32,34H,8,11-12,14-15H2,1-5H3,(H,33,35)/t16-,26+,28?/m1/s1. The number of alkyl halides is 1. The zero-order valence-corrected chi connectivity index (χ0v) is 23.3. The number of hydrogen-bond acceptors (Lipinski definition) is 6. The molecule has 3 aromatic rings. The molecule has 206 valence electrons. The van der Waals surface area contributed by atoms with Gasteiger partial charge in [-0.1, -0.05) is 6.07 Å². The maximum Gasteiger partial charge on any atom is 0.145 e. The molecule has 0 saturated carbocycles. The van der Waals surface area contributed by atoms with Crippen LogP contribution in [0.3, 0.4) is 0 Å². The first kappa shape index (κ1) is 27.3. The minimum Gasteiger partial charge on any atom is -0.380 e. The van der Waals surface area contributed by atoms with Crippen molar-refractivity contribution in [2.75, 3.05) is 31.6 Å². The summed E-state index contributed by atoms with van der Waals surface area (Å²) >= 11 is 1.23. The lowest BCUT2D eigenvalue weighted by Gasteiger charge is -2.44. The van der Waals surface area contributed by atoms with Crippen LogP contribution in [0.5, 0.6) is 0 Å². The number of rotatable bonds is 8. The summed E-state index contributed by atoms with van der Waals surface area (Å²) in [5.41, 5.74) is 1.19. The first-order valence-corrected chi connectivity index (χ1v) is 13.8. The maximum absolute atomic E-state index is 15.9. The number of anilines is 1. The van der Waals surface area contributed by atoms with Crippen LogP contribution < -0.4 is 10.6 Å². The van der Waals surface area contributed by atoms with E-state index < -0.39 is 23.3 Å². The van der Waals surface area contributed by atoms with Crippen LogP contribution in [0.2, 0.25) is 0 Å². The molecule has 2 aromatic carbocycles. The Morgan fingerprint density at radius 1 is 1.16 bits per heavy atom. The van der Waals surface area contributed by atoms with Gasteiger partial charge < -0.3 is 14.8 Å². The van der Waals surface area contributed by atoms with Crippen LogP contribution in [-0.4, -0.2) is 63.8 Å². The molecule has 38 heavy (non-hydrogen) atoms. The Labute approximate surface area is 226 Å². The van der Waals surface area contributed by atoms with Crippen molar-refractivity contribution in [1.82, 2.24) is 20.4 Å². The average Bonchev–Trinajstić information content (AvgIpc) is 3.26. The van der Waals surface area contributed by atoms with Crippen molar-refractivity contribution in [3.63, 3.8) is 0 Å². The highest BCUT2D eigenvalue weighted by atomic mass is 32.2. The van der Waals surface area contributed by atoms with Gasteiger partial charge in [0, 0.05) is 47.1 Å². The third-order valence-corrected chi connectivity index (χ3v) is 7.89. The van der Waals surface area contributed by atoms with E-state index in [1.807, 2.05) is 44.7 Å². The molecule has 0 aliphatic carbocycles. The normalized spacial score (nSPS) is 22.2. The van der Waals surface area contributed by atoms with Crippen LogP contribution in [0.1, 0.15) is 57.4 Å². The number of aromatic amines is 1. The number of hydrogen-bond donors (Lipinski definition) is 3. The second kappa shape index (κ2) is 10.4. The minimum atomic E-state index is -1.74. The minimum absolute atomic E-state index is 0.0426. The van der Waals surface area contributed by atoms with Crippen molar-refractivity contribution in [1.29, 1.82) is 0 Å². The Kier molecular flexibility index (Phi) is 7.45. The van der Waals surface area contributed by atoms with Gasteiger partial charge in [-0.05, 0) is 82.4 Å².